The third-order valence-electron chi connectivity index (χ3n) is 5.40. The molecule has 2 heterocycles. The zero-order valence-electron chi connectivity index (χ0n) is 13.7. The van der Waals surface area contributed by atoms with Crippen molar-refractivity contribution in [2.24, 2.45) is 16.7 Å². The summed E-state index contributed by atoms with van der Waals surface area (Å²) in [5.41, 5.74) is -3.21. The smallest absolute Gasteiger partial charge is 0.243 e. The summed E-state index contributed by atoms with van der Waals surface area (Å²) in [7, 11) is 0. The van der Waals surface area contributed by atoms with Gasteiger partial charge in [-0.2, -0.15) is 15.8 Å². The van der Waals surface area contributed by atoms with E-state index in [1.165, 1.54) is 24.3 Å². The predicted octanol–water partition coefficient (Wildman–Crippen LogP) is 2.97. The van der Waals surface area contributed by atoms with Crippen LogP contribution in [-0.2, 0) is 15.3 Å². The highest BCUT2D eigenvalue weighted by Crippen LogP contribution is 2.65. The van der Waals surface area contributed by atoms with Crippen molar-refractivity contribution in [1.82, 2.24) is 0 Å². The Bertz CT molecular complexity index is 849. The van der Waals surface area contributed by atoms with E-state index >= 15 is 0 Å². The van der Waals surface area contributed by atoms with E-state index in [0.717, 1.165) is 0 Å². The van der Waals surface area contributed by atoms with Gasteiger partial charge >= 0.3 is 0 Å². The van der Waals surface area contributed by atoms with Gasteiger partial charge in [-0.05, 0) is 30.7 Å². The molecule has 2 bridgehead atoms. The Balaban J connectivity index is 2.31. The fourth-order valence-corrected chi connectivity index (χ4v) is 4.03. The van der Waals surface area contributed by atoms with Crippen LogP contribution in [0.3, 0.4) is 0 Å². The molecule has 0 aliphatic carbocycles. The molecule has 2 saturated heterocycles. The number of benzene rings is 1. The second-order valence-corrected chi connectivity index (χ2v) is 6.29. The lowest BCUT2D eigenvalue weighted by molar-refractivity contribution is -0.285. The summed E-state index contributed by atoms with van der Waals surface area (Å²) in [5, 5.41) is 37.8. The van der Waals surface area contributed by atoms with Crippen molar-refractivity contribution in [3.63, 3.8) is 0 Å². The molecule has 2 aliphatic rings. The number of ether oxygens (including phenoxy) is 2. The van der Waals surface area contributed by atoms with Gasteiger partial charge in [-0.3, -0.25) is 5.41 Å². The Morgan fingerprint density at radius 2 is 1.76 bits per heavy atom. The monoisotopic (exact) mass is 338 g/mol. The highest BCUT2D eigenvalue weighted by Gasteiger charge is 2.79. The van der Waals surface area contributed by atoms with Crippen molar-refractivity contribution < 1.29 is 13.9 Å². The number of hydrogen-bond acceptors (Lipinski definition) is 6. The topological polar surface area (TPSA) is 114 Å². The van der Waals surface area contributed by atoms with E-state index in [0.29, 0.717) is 5.56 Å². The van der Waals surface area contributed by atoms with Crippen LogP contribution in [0.1, 0.15) is 25.8 Å². The summed E-state index contributed by atoms with van der Waals surface area (Å²) in [6, 6.07) is 11.3. The van der Waals surface area contributed by atoms with Crippen LogP contribution in [0.15, 0.2) is 24.3 Å². The zero-order chi connectivity index (χ0) is 18.5. The Morgan fingerprint density at radius 1 is 1.16 bits per heavy atom. The van der Waals surface area contributed by atoms with E-state index in [1.54, 1.807) is 13.8 Å². The normalized spacial score (nSPS) is 35.1. The van der Waals surface area contributed by atoms with Crippen LogP contribution in [0.5, 0.6) is 0 Å². The lowest BCUT2D eigenvalue weighted by Crippen LogP contribution is -2.60. The summed E-state index contributed by atoms with van der Waals surface area (Å²) in [6.45, 7) is 3.35. The molecule has 4 unspecified atom stereocenters. The molecule has 2 aliphatic heterocycles. The van der Waals surface area contributed by atoms with E-state index in [4.69, 9.17) is 14.9 Å². The molecule has 25 heavy (non-hydrogen) atoms. The fraction of sp³-hybridized carbons (Fsp3) is 0.444. The largest absolute Gasteiger partial charge is 0.443 e. The van der Waals surface area contributed by atoms with Gasteiger partial charge in [-0.1, -0.05) is 13.8 Å². The molecule has 7 heteroatoms. The minimum Gasteiger partial charge on any atom is -0.443 e. The summed E-state index contributed by atoms with van der Waals surface area (Å²) in [4.78, 5) is 0. The Kier molecular flexibility index (Phi) is 3.56. The molecule has 4 atom stereocenters. The van der Waals surface area contributed by atoms with E-state index in [9.17, 15) is 20.2 Å². The number of nitrogens with one attached hydrogen (secondary N) is 1. The Morgan fingerprint density at radius 3 is 2.24 bits per heavy atom. The standard InChI is InChI=1S/C18H15FN4O2/c1-3-14-16(8-20,9-21)17(10-22)11(2)18(24-14,25-15(17)23)12-4-6-13(19)7-5-12/h4-7,11,14,23H,3H2,1-2H3. The molecular formula is C18H15FN4O2. The molecule has 3 rings (SSSR count). The van der Waals surface area contributed by atoms with Gasteiger partial charge in [0.25, 0.3) is 0 Å². The summed E-state index contributed by atoms with van der Waals surface area (Å²) < 4.78 is 25.1. The van der Waals surface area contributed by atoms with Gasteiger partial charge in [0.1, 0.15) is 5.82 Å². The number of hydrogen-bond donors (Lipinski definition) is 1. The van der Waals surface area contributed by atoms with Gasteiger partial charge in [0.2, 0.25) is 11.7 Å². The maximum Gasteiger partial charge on any atom is 0.243 e. The van der Waals surface area contributed by atoms with Crippen LogP contribution >= 0.6 is 0 Å². The van der Waals surface area contributed by atoms with Gasteiger partial charge in [0, 0.05) is 5.56 Å². The van der Waals surface area contributed by atoms with Crippen molar-refractivity contribution in [2.75, 3.05) is 0 Å². The van der Waals surface area contributed by atoms with Crippen molar-refractivity contribution >= 4 is 5.90 Å². The summed E-state index contributed by atoms with van der Waals surface area (Å²) in [6.07, 6.45) is -0.664. The first-order chi connectivity index (χ1) is 11.9. The van der Waals surface area contributed by atoms with Gasteiger partial charge in [0.05, 0.1) is 30.2 Å². The van der Waals surface area contributed by atoms with Crippen molar-refractivity contribution in [1.29, 1.82) is 21.2 Å². The van der Waals surface area contributed by atoms with Gasteiger partial charge in [-0.15, -0.1) is 0 Å². The van der Waals surface area contributed by atoms with Gasteiger partial charge in [-0.25, -0.2) is 4.39 Å². The highest BCUT2D eigenvalue weighted by atomic mass is 19.1. The number of rotatable bonds is 2. The maximum absolute atomic E-state index is 13.3. The summed E-state index contributed by atoms with van der Waals surface area (Å²) in [5.74, 6) is -3.24. The molecule has 1 aromatic rings. The highest BCUT2D eigenvalue weighted by molar-refractivity contribution is 5.89. The van der Waals surface area contributed by atoms with Crippen molar-refractivity contribution in [3.8, 4) is 18.2 Å². The lowest BCUT2D eigenvalue weighted by Gasteiger charge is -2.48. The third-order valence-corrected chi connectivity index (χ3v) is 5.40. The molecule has 126 valence electrons. The molecule has 0 spiro atoms. The van der Waals surface area contributed by atoms with Crippen LogP contribution < -0.4 is 0 Å². The van der Waals surface area contributed by atoms with Crippen molar-refractivity contribution in [3.05, 3.63) is 35.6 Å². The second-order valence-electron chi connectivity index (χ2n) is 6.29. The molecule has 0 amide bonds. The lowest BCUT2D eigenvalue weighted by atomic mass is 9.54. The Hall–Kier alpha value is -2.95. The molecular weight excluding hydrogens is 323 g/mol. The fourth-order valence-electron chi connectivity index (χ4n) is 4.03. The van der Waals surface area contributed by atoms with Crippen LogP contribution in [0.25, 0.3) is 0 Å². The first-order valence-electron chi connectivity index (χ1n) is 7.84. The first kappa shape index (κ1) is 16.9. The minimum atomic E-state index is -1.87. The second kappa shape index (κ2) is 5.28. The van der Waals surface area contributed by atoms with Gasteiger partial charge in [0.15, 0.2) is 10.8 Å². The van der Waals surface area contributed by atoms with Crippen LogP contribution in [0.4, 0.5) is 4.39 Å². The number of fused-ring (bicyclic) bond motifs is 2. The van der Waals surface area contributed by atoms with Crippen LogP contribution in [-0.4, -0.2) is 12.0 Å². The predicted molar refractivity (Wildman–Crippen MR) is 82.9 cm³/mol. The van der Waals surface area contributed by atoms with E-state index < -0.39 is 40.4 Å². The van der Waals surface area contributed by atoms with Gasteiger partial charge < -0.3 is 9.47 Å². The number of nitriles is 3. The molecule has 1 N–H and O–H groups in total. The molecule has 0 saturated carbocycles. The quantitative estimate of drug-likeness (QED) is 0.890. The molecule has 0 radical (unpaired) electrons. The molecule has 0 aromatic heterocycles. The first-order valence-corrected chi connectivity index (χ1v) is 7.84. The SMILES string of the molecule is CCC1OC2(c3ccc(F)cc3)OC(=N)C(C#N)(C2C)C1(C#N)C#N. The Labute approximate surface area is 144 Å². The van der Waals surface area contributed by atoms with E-state index in [-0.39, 0.29) is 6.42 Å². The number of halogens is 1. The molecule has 1 aromatic carbocycles. The average molecular weight is 338 g/mol. The molecule has 6 nitrogen and oxygen atoms in total. The van der Waals surface area contributed by atoms with Crippen LogP contribution in [0, 0.1) is 62.0 Å². The summed E-state index contributed by atoms with van der Waals surface area (Å²) >= 11 is 0. The minimum absolute atomic E-state index is 0.275. The van der Waals surface area contributed by atoms with Crippen LogP contribution in [0.2, 0.25) is 0 Å². The molecule has 2 fully saturated rings. The average Bonchev–Trinajstić information content (AvgIpc) is 2.79. The van der Waals surface area contributed by atoms with E-state index in [1.807, 2.05) is 18.2 Å². The van der Waals surface area contributed by atoms with E-state index in [2.05, 4.69) is 0 Å². The maximum atomic E-state index is 13.3. The zero-order valence-corrected chi connectivity index (χ0v) is 13.7. The number of nitrogens with zero attached hydrogens (tertiary/aromatic N) is 3. The van der Waals surface area contributed by atoms with Crippen molar-refractivity contribution in [2.45, 2.75) is 32.2 Å². The third kappa shape index (κ3) is 1.70.